The molecule has 0 amide bonds. The fourth-order valence-corrected chi connectivity index (χ4v) is 8.77. The number of fused-ring (bicyclic) bond motifs is 2. The first kappa shape index (κ1) is 27.0. The lowest BCUT2D eigenvalue weighted by Gasteiger charge is -2.29. The molecular weight excluding hydrogens is 571 g/mol. The SMILES string of the molecule is O=P1(c2ccccc2)c2ccccc2Oc2cc(-c3cccc(-c4nc(-c5ccccc5)cc(-c5ccccc5)n4)c3)ccc21. The summed E-state index contributed by atoms with van der Waals surface area (Å²) in [6.07, 6.45) is 0. The second-order valence-electron chi connectivity index (χ2n) is 11.0. The van der Waals surface area contributed by atoms with Crippen LogP contribution in [-0.2, 0) is 4.57 Å². The molecule has 0 N–H and O–H groups in total. The van der Waals surface area contributed by atoms with Gasteiger partial charge in [0.25, 0.3) is 0 Å². The Balaban J connectivity index is 1.23. The maximum atomic E-state index is 15.0. The molecule has 5 heteroatoms. The quantitative estimate of drug-likeness (QED) is 0.186. The molecular formula is C40H27N2O2P. The van der Waals surface area contributed by atoms with E-state index in [1.54, 1.807) is 0 Å². The average Bonchev–Trinajstić information content (AvgIpc) is 3.12. The molecule has 0 bridgehead atoms. The average molecular weight is 599 g/mol. The van der Waals surface area contributed by atoms with Gasteiger partial charge in [-0.3, -0.25) is 0 Å². The van der Waals surface area contributed by atoms with E-state index >= 15 is 0 Å². The maximum absolute atomic E-state index is 15.0. The minimum absolute atomic E-state index is 0.609. The van der Waals surface area contributed by atoms with Crippen molar-refractivity contribution in [3.05, 3.63) is 164 Å². The van der Waals surface area contributed by atoms with Crippen LogP contribution in [0.25, 0.3) is 45.0 Å². The zero-order chi connectivity index (χ0) is 30.2. The van der Waals surface area contributed by atoms with Crippen LogP contribution >= 0.6 is 7.14 Å². The van der Waals surface area contributed by atoms with E-state index in [1.165, 1.54) is 0 Å². The van der Waals surface area contributed by atoms with Crippen molar-refractivity contribution < 1.29 is 9.30 Å². The molecule has 1 aliphatic rings. The normalized spacial score (nSPS) is 15.0. The molecule has 2 heterocycles. The van der Waals surface area contributed by atoms with E-state index in [4.69, 9.17) is 14.7 Å². The minimum atomic E-state index is -3.13. The number of ether oxygens (including phenoxy) is 1. The van der Waals surface area contributed by atoms with Crippen LogP contribution in [0.4, 0.5) is 0 Å². The lowest BCUT2D eigenvalue weighted by atomic mass is 10.0. The van der Waals surface area contributed by atoms with Gasteiger partial charge in [-0.1, -0.05) is 127 Å². The van der Waals surface area contributed by atoms with Gasteiger partial charge in [-0.15, -0.1) is 0 Å². The fraction of sp³-hybridized carbons (Fsp3) is 0. The van der Waals surface area contributed by atoms with Crippen molar-refractivity contribution in [3.8, 4) is 56.5 Å². The molecule has 1 atom stereocenters. The molecule has 214 valence electrons. The lowest BCUT2D eigenvalue weighted by molar-refractivity contribution is 0.485. The highest BCUT2D eigenvalue weighted by atomic mass is 31.2. The maximum Gasteiger partial charge on any atom is 0.178 e. The molecule has 1 aliphatic heterocycles. The summed E-state index contributed by atoms with van der Waals surface area (Å²) in [5.74, 6) is 1.88. The molecule has 0 fully saturated rings. The van der Waals surface area contributed by atoms with E-state index in [9.17, 15) is 4.57 Å². The summed E-state index contributed by atoms with van der Waals surface area (Å²) in [4.78, 5) is 10.0. The van der Waals surface area contributed by atoms with Crippen LogP contribution in [0.1, 0.15) is 0 Å². The van der Waals surface area contributed by atoms with Gasteiger partial charge in [0.2, 0.25) is 0 Å². The van der Waals surface area contributed by atoms with Gasteiger partial charge in [0, 0.05) is 22.0 Å². The summed E-state index contributed by atoms with van der Waals surface area (Å²) in [5.41, 5.74) is 6.64. The molecule has 0 aliphatic carbocycles. The molecule has 8 rings (SSSR count). The van der Waals surface area contributed by atoms with Gasteiger partial charge in [0.1, 0.15) is 11.5 Å². The van der Waals surface area contributed by atoms with E-state index in [-0.39, 0.29) is 0 Å². The molecule has 0 saturated heterocycles. The molecule has 1 aromatic heterocycles. The topological polar surface area (TPSA) is 52.1 Å². The first-order valence-electron chi connectivity index (χ1n) is 14.9. The molecule has 6 aromatic carbocycles. The summed E-state index contributed by atoms with van der Waals surface area (Å²) < 4.78 is 21.4. The van der Waals surface area contributed by atoms with Gasteiger partial charge in [-0.05, 0) is 47.5 Å². The number of benzene rings is 6. The monoisotopic (exact) mass is 598 g/mol. The van der Waals surface area contributed by atoms with Crippen LogP contribution in [0.2, 0.25) is 0 Å². The first-order valence-corrected chi connectivity index (χ1v) is 16.6. The number of rotatable bonds is 5. The number of aromatic nitrogens is 2. The Bertz CT molecular complexity index is 2160. The van der Waals surface area contributed by atoms with Gasteiger partial charge in [0.05, 0.1) is 22.0 Å². The standard InChI is InChI=1S/C40H27N2O2P/c43-45(33-19-8-3-9-20-33)38-22-11-10-21-36(38)44-37-26-31(23-24-39(37)45)30-17-12-18-32(25-30)40-41-34(28-13-4-1-5-14-28)27-35(42-40)29-15-6-2-7-16-29/h1-27H. The van der Waals surface area contributed by atoms with E-state index in [2.05, 4.69) is 36.4 Å². The predicted molar refractivity (Wildman–Crippen MR) is 183 cm³/mol. The van der Waals surface area contributed by atoms with Gasteiger partial charge < -0.3 is 9.30 Å². The fourth-order valence-electron chi connectivity index (χ4n) is 5.93. The Kier molecular flexibility index (Phi) is 6.70. The molecule has 45 heavy (non-hydrogen) atoms. The van der Waals surface area contributed by atoms with Crippen LogP contribution < -0.4 is 20.7 Å². The molecule has 0 radical (unpaired) electrons. The van der Waals surface area contributed by atoms with Crippen LogP contribution in [0.5, 0.6) is 11.5 Å². The van der Waals surface area contributed by atoms with Gasteiger partial charge in [-0.25, -0.2) is 9.97 Å². The third-order valence-corrected chi connectivity index (χ3v) is 11.3. The van der Waals surface area contributed by atoms with E-state index in [0.29, 0.717) is 22.6 Å². The van der Waals surface area contributed by atoms with Crippen LogP contribution in [0, 0.1) is 0 Å². The Labute approximate surface area is 262 Å². The third kappa shape index (κ3) is 4.86. The molecule has 4 nitrogen and oxygen atoms in total. The van der Waals surface area contributed by atoms with Crippen molar-refractivity contribution in [2.24, 2.45) is 0 Å². The number of para-hydroxylation sites is 1. The van der Waals surface area contributed by atoms with E-state index in [0.717, 1.165) is 49.8 Å². The number of nitrogens with zero attached hydrogens (tertiary/aromatic N) is 2. The number of hydrogen-bond donors (Lipinski definition) is 0. The first-order chi connectivity index (χ1) is 22.2. The smallest absolute Gasteiger partial charge is 0.178 e. The van der Waals surface area contributed by atoms with E-state index < -0.39 is 7.14 Å². The van der Waals surface area contributed by atoms with Crippen molar-refractivity contribution >= 4 is 23.1 Å². The highest BCUT2D eigenvalue weighted by molar-refractivity contribution is 7.85. The van der Waals surface area contributed by atoms with Crippen molar-refractivity contribution in [1.82, 2.24) is 9.97 Å². The zero-order valence-electron chi connectivity index (χ0n) is 24.2. The van der Waals surface area contributed by atoms with Gasteiger partial charge in [0.15, 0.2) is 13.0 Å². The highest BCUT2D eigenvalue weighted by Gasteiger charge is 2.39. The summed E-state index contributed by atoms with van der Waals surface area (Å²) in [6, 6.07) is 54.0. The predicted octanol–water partition coefficient (Wildman–Crippen LogP) is 8.89. The second kappa shape index (κ2) is 11.2. The Morgan fingerprint density at radius 1 is 0.422 bits per heavy atom. The summed E-state index contributed by atoms with van der Waals surface area (Å²) in [5, 5.41) is 2.23. The van der Waals surface area contributed by atoms with Crippen LogP contribution in [-0.4, -0.2) is 9.97 Å². The minimum Gasteiger partial charge on any atom is -0.456 e. The van der Waals surface area contributed by atoms with E-state index in [1.807, 2.05) is 127 Å². The molecule has 1 unspecified atom stereocenters. The van der Waals surface area contributed by atoms with Crippen LogP contribution in [0.15, 0.2) is 164 Å². The second-order valence-corrected chi connectivity index (χ2v) is 13.7. The zero-order valence-corrected chi connectivity index (χ0v) is 25.1. The van der Waals surface area contributed by atoms with Crippen molar-refractivity contribution in [2.45, 2.75) is 0 Å². The Morgan fingerprint density at radius 2 is 0.956 bits per heavy atom. The molecule has 0 saturated carbocycles. The summed E-state index contributed by atoms with van der Waals surface area (Å²) in [7, 11) is -3.13. The van der Waals surface area contributed by atoms with Crippen molar-refractivity contribution in [1.29, 1.82) is 0 Å². The Hall–Kier alpha value is -5.57. The highest BCUT2D eigenvalue weighted by Crippen LogP contribution is 2.52. The number of hydrogen-bond acceptors (Lipinski definition) is 4. The lowest BCUT2D eigenvalue weighted by Crippen LogP contribution is -2.30. The molecule has 0 spiro atoms. The van der Waals surface area contributed by atoms with Crippen molar-refractivity contribution in [3.63, 3.8) is 0 Å². The molecule has 7 aromatic rings. The van der Waals surface area contributed by atoms with Crippen molar-refractivity contribution in [2.75, 3.05) is 0 Å². The third-order valence-electron chi connectivity index (χ3n) is 8.16. The van der Waals surface area contributed by atoms with Gasteiger partial charge in [-0.2, -0.15) is 0 Å². The summed E-state index contributed by atoms with van der Waals surface area (Å²) >= 11 is 0. The largest absolute Gasteiger partial charge is 0.456 e. The summed E-state index contributed by atoms with van der Waals surface area (Å²) in [6.45, 7) is 0. The van der Waals surface area contributed by atoms with Crippen LogP contribution in [0.3, 0.4) is 0 Å². The van der Waals surface area contributed by atoms with Gasteiger partial charge >= 0.3 is 0 Å². The Morgan fingerprint density at radius 3 is 1.64 bits per heavy atom.